The third-order valence-electron chi connectivity index (χ3n) is 3.62. The molecule has 3 aromatic rings. The highest BCUT2D eigenvalue weighted by Crippen LogP contribution is 2.22. The van der Waals surface area contributed by atoms with Crippen molar-refractivity contribution in [3.63, 3.8) is 0 Å². The van der Waals surface area contributed by atoms with Gasteiger partial charge in [-0.25, -0.2) is 9.67 Å². The molecule has 0 radical (unpaired) electrons. The topological polar surface area (TPSA) is 100 Å². The summed E-state index contributed by atoms with van der Waals surface area (Å²) >= 11 is 0. The zero-order valence-electron chi connectivity index (χ0n) is 13.3. The van der Waals surface area contributed by atoms with Crippen LogP contribution in [0.1, 0.15) is 15.9 Å². The van der Waals surface area contributed by atoms with E-state index in [4.69, 9.17) is 4.74 Å². The van der Waals surface area contributed by atoms with Crippen LogP contribution in [0.25, 0.3) is 11.4 Å². The summed E-state index contributed by atoms with van der Waals surface area (Å²) in [4.78, 5) is 25.6. The van der Waals surface area contributed by atoms with Crippen molar-refractivity contribution in [1.82, 2.24) is 14.8 Å². The summed E-state index contributed by atoms with van der Waals surface area (Å²) in [6.45, 7) is 0.354. The van der Waals surface area contributed by atoms with Crippen molar-refractivity contribution >= 4 is 12.0 Å². The highest BCUT2D eigenvalue weighted by Gasteiger charge is 2.12. The van der Waals surface area contributed by atoms with Crippen molar-refractivity contribution in [2.75, 3.05) is 7.11 Å². The summed E-state index contributed by atoms with van der Waals surface area (Å²) in [5, 5.41) is 15.2. The first-order valence-electron chi connectivity index (χ1n) is 7.37. The first-order valence-corrected chi connectivity index (χ1v) is 7.37. The van der Waals surface area contributed by atoms with Crippen molar-refractivity contribution in [2.45, 2.75) is 6.54 Å². The molecule has 0 unspecified atom stereocenters. The summed E-state index contributed by atoms with van der Waals surface area (Å²) in [5.41, 5.74) is 1.85. The Morgan fingerprint density at radius 2 is 2.12 bits per heavy atom. The molecule has 8 heteroatoms. The smallest absolute Gasteiger partial charge is 0.270 e. The lowest BCUT2D eigenvalue weighted by Gasteiger charge is -2.08. The van der Waals surface area contributed by atoms with E-state index in [0.717, 1.165) is 11.8 Å². The standard InChI is InChI=1S/C17H14N4O4/c1-25-16-6-5-12(10-22)7-14(16)9-20-11-18-17(19-20)13-3-2-4-15(8-13)21(23)24/h2-8,10-11H,9H2,1H3. The van der Waals surface area contributed by atoms with Gasteiger partial charge in [-0.05, 0) is 18.2 Å². The Morgan fingerprint density at radius 1 is 1.28 bits per heavy atom. The van der Waals surface area contributed by atoms with Crippen LogP contribution in [-0.2, 0) is 6.54 Å². The van der Waals surface area contributed by atoms with Crippen LogP contribution in [0.4, 0.5) is 5.69 Å². The van der Waals surface area contributed by atoms with Crippen molar-refractivity contribution < 1.29 is 14.5 Å². The van der Waals surface area contributed by atoms with Crippen molar-refractivity contribution in [3.8, 4) is 17.1 Å². The number of non-ortho nitro benzene ring substituents is 1. The number of carbonyl (C=O) groups excluding carboxylic acids is 1. The molecule has 0 aliphatic heterocycles. The van der Waals surface area contributed by atoms with Crippen molar-refractivity contribution in [1.29, 1.82) is 0 Å². The Morgan fingerprint density at radius 3 is 2.84 bits per heavy atom. The van der Waals surface area contributed by atoms with Gasteiger partial charge in [0.05, 0.1) is 18.6 Å². The number of benzene rings is 2. The van der Waals surface area contributed by atoms with Gasteiger partial charge in [0.2, 0.25) is 0 Å². The van der Waals surface area contributed by atoms with E-state index in [1.165, 1.54) is 18.5 Å². The van der Waals surface area contributed by atoms with Crippen molar-refractivity contribution in [3.05, 3.63) is 70.0 Å². The zero-order valence-corrected chi connectivity index (χ0v) is 13.3. The number of nitro benzene ring substituents is 1. The average molecular weight is 338 g/mol. The normalized spacial score (nSPS) is 10.4. The molecular weight excluding hydrogens is 324 g/mol. The van der Waals surface area contributed by atoms with Crippen LogP contribution in [0, 0.1) is 10.1 Å². The van der Waals surface area contributed by atoms with Gasteiger partial charge in [0.1, 0.15) is 18.4 Å². The zero-order chi connectivity index (χ0) is 17.8. The fourth-order valence-electron chi connectivity index (χ4n) is 2.43. The van der Waals surface area contributed by atoms with Gasteiger partial charge in [0, 0.05) is 28.8 Å². The largest absolute Gasteiger partial charge is 0.496 e. The molecule has 0 bridgehead atoms. The van der Waals surface area contributed by atoms with Gasteiger partial charge in [-0.1, -0.05) is 12.1 Å². The van der Waals surface area contributed by atoms with E-state index < -0.39 is 4.92 Å². The summed E-state index contributed by atoms with van der Waals surface area (Å²) in [6.07, 6.45) is 2.29. The number of hydrogen-bond acceptors (Lipinski definition) is 6. The fourth-order valence-corrected chi connectivity index (χ4v) is 2.43. The Hall–Kier alpha value is -3.55. The van der Waals surface area contributed by atoms with Crippen LogP contribution in [-0.4, -0.2) is 33.1 Å². The summed E-state index contributed by atoms with van der Waals surface area (Å²) in [5.74, 6) is 1.02. The van der Waals surface area contributed by atoms with Crippen LogP contribution >= 0.6 is 0 Å². The maximum atomic E-state index is 11.0. The van der Waals surface area contributed by atoms with Crippen LogP contribution in [0.3, 0.4) is 0 Å². The first-order chi connectivity index (χ1) is 12.1. The highest BCUT2D eigenvalue weighted by atomic mass is 16.6. The SMILES string of the molecule is COc1ccc(C=O)cc1Cn1cnc(-c2cccc([N+](=O)[O-])c2)n1. The number of hydrogen-bond donors (Lipinski definition) is 0. The van der Waals surface area contributed by atoms with Gasteiger partial charge in [-0.3, -0.25) is 14.9 Å². The molecule has 0 saturated carbocycles. The first kappa shape index (κ1) is 16.3. The summed E-state index contributed by atoms with van der Waals surface area (Å²) < 4.78 is 6.88. The summed E-state index contributed by atoms with van der Waals surface area (Å²) in [6, 6.07) is 11.2. The monoisotopic (exact) mass is 338 g/mol. The minimum Gasteiger partial charge on any atom is -0.496 e. The van der Waals surface area contributed by atoms with E-state index in [0.29, 0.717) is 29.2 Å². The number of nitrogens with zero attached hydrogens (tertiary/aromatic N) is 4. The Labute approximate surface area is 142 Å². The van der Waals surface area contributed by atoms with Crippen LogP contribution in [0.2, 0.25) is 0 Å². The van der Waals surface area contributed by atoms with Crippen molar-refractivity contribution in [2.24, 2.45) is 0 Å². The maximum absolute atomic E-state index is 11.0. The van der Waals surface area contributed by atoms with Gasteiger partial charge in [-0.15, -0.1) is 0 Å². The molecule has 0 atom stereocenters. The fraction of sp³-hybridized carbons (Fsp3) is 0.118. The second kappa shape index (κ2) is 6.91. The summed E-state index contributed by atoms with van der Waals surface area (Å²) in [7, 11) is 1.55. The minimum atomic E-state index is -0.462. The number of methoxy groups -OCH3 is 1. The number of carbonyl (C=O) groups is 1. The molecule has 8 nitrogen and oxygen atoms in total. The molecule has 25 heavy (non-hydrogen) atoms. The number of aldehydes is 1. The number of nitro groups is 1. The van der Waals surface area contributed by atoms with E-state index in [-0.39, 0.29) is 5.69 Å². The quantitative estimate of drug-likeness (QED) is 0.389. The van der Waals surface area contributed by atoms with E-state index in [2.05, 4.69) is 10.1 Å². The second-order valence-corrected chi connectivity index (χ2v) is 5.26. The molecule has 0 aliphatic carbocycles. The number of rotatable bonds is 6. The molecule has 1 aromatic heterocycles. The van der Waals surface area contributed by atoms with E-state index in [1.54, 1.807) is 42.1 Å². The molecule has 0 saturated heterocycles. The molecule has 2 aromatic carbocycles. The van der Waals surface area contributed by atoms with Gasteiger partial charge in [-0.2, -0.15) is 5.10 Å². The Bertz CT molecular complexity index is 936. The highest BCUT2D eigenvalue weighted by molar-refractivity contribution is 5.75. The molecule has 0 fully saturated rings. The molecule has 3 rings (SSSR count). The predicted molar refractivity (Wildman–Crippen MR) is 89.6 cm³/mol. The van der Waals surface area contributed by atoms with Crippen LogP contribution < -0.4 is 4.74 Å². The lowest BCUT2D eigenvalue weighted by atomic mass is 10.1. The van der Waals surface area contributed by atoms with Crippen LogP contribution in [0.15, 0.2) is 48.8 Å². The molecule has 1 heterocycles. The molecule has 0 aliphatic rings. The Balaban J connectivity index is 1.89. The third kappa shape index (κ3) is 3.52. The van der Waals surface area contributed by atoms with Gasteiger partial charge in [0.15, 0.2) is 5.82 Å². The number of ether oxygens (including phenoxy) is 1. The number of aromatic nitrogens is 3. The van der Waals surface area contributed by atoms with Gasteiger partial charge < -0.3 is 4.74 Å². The lowest BCUT2D eigenvalue weighted by Crippen LogP contribution is -2.03. The second-order valence-electron chi connectivity index (χ2n) is 5.26. The average Bonchev–Trinajstić information content (AvgIpc) is 3.10. The van der Waals surface area contributed by atoms with Gasteiger partial charge in [0.25, 0.3) is 5.69 Å². The Kier molecular flexibility index (Phi) is 4.51. The predicted octanol–water partition coefficient (Wildman–Crippen LogP) is 2.72. The third-order valence-corrected chi connectivity index (χ3v) is 3.62. The molecule has 0 spiro atoms. The van der Waals surface area contributed by atoms with E-state index in [1.807, 2.05) is 0 Å². The molecule has 126 valence electrons. The van der Waals surface area contributed by atoms with E-state index in [9.17, 15) is 14.9 Å². The molecular formula is C17H14N4O4. The van der Waals surface area contributed by atoms with Crippen LogP contribution in [0.5, 0.6) is 5.75 Å². The lowest BCUT2D eigenvalue weighted by molar-refractivity contribution is -0.384. The molecule has 0 N–H and O–H groups in total. The molecule has 0 amide bonds. The van der Waals surface area contributed by atoms with E-state index >= 15 is 0 Å². The maximum Gasteiger partial charge on any atom is 0.270 e. The minimum absolute atomic E-state index is 0.0193. The van der Waals surface area contributed by atoms with Gasteiger partial charge >= 0.3 is 0 Å².